The van der Waals surface area contributed by atoms with Gasteiger partial charge in [-0.1, -0.05) is 18.3 Å². The van der Waals surface area contributed by atoms with Crippen molar-refractivity contribution in [1.29, 1.82) is 0 Å². The highest BCUT2D eigenvalue weighted by Gasteiger charge is 2.04. The van der Waals surface area contributed by atoms with Gasteiger partial charge < -0.3 is 11.1 Å². The van der Waals surface area contributed by atoms with Crippen molar-refractivity contribution in [2.24, 2.45) is 12.8 Å². The molecule has 0 aliphatic rings. The Morgan fingerprint density at radius 3 is 2.76 bits per heavy atom. The van der Waals surface area contributed by atoms with Crippen molar-refractivity contribution in [2.45, 2.75) is 6.92 Å². The Kier molecular flexibility index (Phi) is 3.06. The number of pyridine rings is 1. The molecule has 0 saturated carbocycles. The Balaban J connectivity index is 2.24. The quantitative estimate of drug-likeness (QED) is 0.804. The van der Waals surface area contributed by atoms with Gasteiger partial charge in [0.15, 0.2) is 5.82 Å². The molecule has 0 saturated heterocycles. The first-order chi connectivity index (χ1) is 8.06. The molecule has 0 radical (unpaired) electrons. The molecule has 2 aromatic heterocycles. The number of anilines is 2. The zero-order valence-electron chi connectivity index (χ0n) is 9.64. The van der Waals surface area contributed by atoms with Crippen LogP contribution in [0.4, 0.5) is 11.6 Å². The molecule has 6 heteroatoms. The van der Waals surface area contributed by atoms with Crippen LogP contribution in [0.25, 0.3) is 0 Å². The maximum atomic E-state index is 5.53. The predicted molar refractivity (Wildman–Crippen MR) is 71.4 cm³/mol. The Hall–Kier alpha value is -1.95. The Morgan fingerprint density at radius 2 is 2.18 bits per heavy atom. The molecule has 2 heterocycles. The van der Waals surface area contributed by atoms with Gasteiger partial charge >= 0.3 is 0 Å². The second-order valence-electron chi connectivity index (χ2n) is 3.69. The van der Waals surface area contributed by atoms with E-state index in [0.717, 1.165) is 11.5 Å². The van der Waals surface area contributed by atoms with E-state index in [0.29, 0.717) is 11.5 Å². The van der Waals surface area contributed by atoms with E-state index in [2.05, 4.69) is 15.4 Å². The average molecular weight is 247 g/mol. The van der Waals surface area contributed by atoms with Gasteiger partial charge in [-0.3, -0.25) is 4.68 Å². The van der Waals surface area contributed by atoms with Crippen molar-refractivity contribution in [3.05, 3.63) is 35.7 Å². The highest BCUT2D eigenvalue weighted by molar-refractivity contribution is 7.80. The number of rotatable bonds is 3. The highest BCUT2D eigenvalue weighted by Crippen LogP contribution is 2.14. The van der Waals surface area contributed by atoms with Crippen LogP contribution in [0, 0.1) is 6.92 Å². The highest BCUT2D eigenvalue weighted by atomic mass is 32.1. The Labute approximate surface area is 105 Å². The van der Waals surface area contributed by atoms with E-state index in [4.69, 9.17) is 18.0 Å². The summed E-state index contributed by atoms with van der Waals surface area (Å²) in [4.78, 5) is 4.56. The molecule has 0 fully saturated rings. The minimum atomic E-state index is 0.283. The molecule has 17 heavy (non-hydrogen) atoms. The first kappa shape index (κ1) is 11.5. The van der Waals surface area contributed by atoms with Gasteiger partial charge in [-0.05, 0) is 19.1 Å². The average Bonchev–Trinajstić information content (AvgIpc) is 2.58. The summed E-state index contributed by atoms with van der Waals surface area (Å²) in [6.45, 7) is 1.98. The lowest BCUT2D eigenvalue weighted by Gasteiger charge is -2.03. The van der Waals surface area contributed by atoms with Crippen LogP contribution in [0.5, 0.6) is 0 Å². The van der Waals surface area contributed by atoms with Crippen LogP contribution in [0.15, 0.2) is 24.3 Å². The number of nitrogens with one attached hydrogen (secondary N) is 1. The third-order valence-corrected chi connectivity index (χ3v) is 2.58. The van der Waals surface area contributed by atoms with Crippen LogP contribution >= 0.6 is 12.2 Å². The van der Waals surface area contributed by atoms with Crippen molar-refractivity contribution in [3.63, 3.8) is 0 Å². The molecule has 0 spiro atoms. The maximum Gasteiger partial charge on any atom is 0.153 e. The zero-order chi connectivity index (χ0) is 12.4. The van der Waals surface area contributed by atoms with Crippen molar-refractivity contribution in [1.82, 2.24) is 14.8 Å². The number of aromatic nitrogens is 3. The van der Waals surface area contributed by atoms with E-state index >= 15 is 0 Å². The first-order valence-corrected chi connectivity index (χ1v) is 5.51. The smallest absolute Gasteiger partial charge is 0.153 e. The van der Waals surface area contributed by atoms with E-state index in [-0.39, 0.29) is 4.99 Å². The summed E-state index contributed by atoms with van der Waals surface area (Å²) in [5, 5.41) is 7.38. The van der Waals surface area contributed by atoms with Gasteiger partial charge in [0.05, 0.1) is 5.69 Å². The van der Waals surface area contributed by atoms with Gasteiger partial charge in [0.25, 0.3) is 0 Å². The fraction of sp³-hybridized carbons (Fsp3) is 0.182. The van der Waals surface area contributed by atoms with E-state index in [1.54, 1.807) is 10.7 Å². The molecule has 0 atom stereocenters. The Morgan fingerprint density at radius 1 is 1.41 bits per heavy atom. The van der Waals surface area contributed by atoms with Crippen LogP contribution in [-0.2, 0) is 7.05 Å². The predicted octanol–water partition coefficient (Wildman–Crippen LogP) is 1.50. The minimum Gasteiger partial charge on any atom is -0.388 e. The molecule has 88 valence electrons. The monoisotopic (exact) mass is 247 g/mol. The summed E-state index contributed by atoms with van der Waals surface area (Å²) < 4.78 is 1.79. The number of hydrogen-bond acceptors (Lipinski definition) is 4. The van der Waals surface area contributed by atoms with Crippen molar-refractivity contribution >= 4 is 28.8 Å². The zero-order valence-corrected chi connectivity index (χ0v) is 10.5. The van der Waals surface area contributed by atoms with Gasteiger partial charge in [-0.25, -0.2) is 4.98 Å². The number of nitrogens with two attached hydrogens (primary N) is 1. The molecule has 0 bridgehead atoms. The van der Waals surface area contributed by atoms with Crippen molar-refractivity contribution < 1.29 is 0 Å². The van der Waals surface area contributed by atoms with E-state index in [1.165, 1.54) is 0 Å². The van der Waals surface area contributed by atoms with Crippen LogP contribution in [0.3, 0.4) is 0 Å². The summed E-state index contributed by atoms with van der Waals surface area (Å²) in [7, 11) is 1.89. The van der Waals surface area contributed by atoms with Gasteiger partial charge in [-0.15, -0.1) is 0 Å². The minimum absolute atomic E-state index is 0.283. The lowest BCUT2D eigenvalue weighted by Crippen LogP contribution is -2.12. The summed E-state index contributed by atoms with van der Waals surface area (Å²) in [5.74, 6) is 1.42. The topological polar surface area (TPSA) is 68.8 Å². The van der Waals surface area contributed by atoms with Gasteiger partial charge in [-0.2, -0.15) is 5.10 Å². The summed E-state index contributed by atoms with van der Waals surface area (Å²) >= 11 is 4.88. The third kappa shape index (κ3) is 2.59. The third-order valence-electron chi connectivity index (χ3n) is 2.37. The molecule has 5 nitrogen and oxygen atoms in total. The van der Waals surface area contributed by atoms with Crippen LogP contribution in [0.2, 0.25) is 0 Å². The van der Waals surface area contributed by atoms with Gasteiger partial charge in [0.1, 0.15) is 10.8 Å². The molecule has 0 aromatic carbocycles. The standard InChI is InChI=1S/C11H13N5S/c1-7-6-10(15-16(7)2)14-9-5-3-4-8(13-9)11(12)17/h3-6H,1-2H3,(H2,12,17)(H,13,14,15). The van der Waals surface area contributed by atoms with Gasteiger partial charge in [0.2, 0.25) is 0 Å². The van der Waals surface area contributed by atoms with Crippen LogP contribution < -0.4 is 11.1 Å². The summed E-state index contributed by atoms with van der Waals surface area (Å²) in [5.41, 5.74) is 7.19. The van der Waals surface area contributed by atoms with Gasteiger partial charge in [0, 0.05) is 18.8 Å². The van der Waals surface area contributed by atoms with Crippen LogP contribution in [0.1, 0.15) is 11.4 Å². The second kappa shape index (κ2) is 4.50. The molecule has 0 unspecified atom stereocenters. The van der Waals surface area contributed by atoms with E-state index in [1.807, 2.05) is 32.2 Å². The molecular weight excluding hydrogens is 234 g/mol. The molecule has 0 amide bonds. The largest absolute Gasteiger partial charge is 0.388 e. The fourth-order valence-corrected chi connectivity index (χ4v) is 1.51. The molecular formula is C11H13N5S. The van der Waals surface area contributed by atoms with Crippen LogP contribution in [-0.4, -0.2) is 19.8 Å². The summed E-state index contributed by atoms with van der Waals surface area (Å²) in [6.07, 6.45) is 0. The molecule has 2 rings (SSSR count). The maximum absolute atomic E-state index is 5.53. The lowest BCUT2D eigenvalue weighted by molar-refractivity contribution is 0.743. The fourth-order valence-electron chi connectivity index (χ4n) is 1.39. The SMILES string of the molecule is Cc1cc(Nc2cccc(C(N)=S)n2)nn1C. The van der Waals surface area contributed by atoms with E-state index < -0.39 is 0 Å². The number of nitrogens with zero attached hydrogens (tertiary/aromatic N) is 3. The number of aryl methyl sites for hydroxylation is 2. The first-order valence-electron chi connectivity index (χ1n) is 5.11. The number of thiocarbonyl (C=S) groups is 1. The molecule has 3 N–H and O–H groups in total. The Bertz CT molecular complexity index is 541. The second-order valence-corrected chi connectivity index (χ2v) is 4.13. The summed E-state index contributed by atoms with van der Waals surface area (Å²) in [6, 6.07) is 7.40. The lowest BCUT2D eigenvalue weighted by atomic mass is 10.3. The molecule has 2 aromatic rings. The van der Waals surface area contributed by atoms with Crippen molar-refractivity contribution in [2.75, 3.05) is 5.32 Å². The van der Waals surface area contributed by atoms with Crippen molar-refractivity contribution in [3.8, 4) is 0 Å². The number of hydrogen-bond donors (Lipinski definition) is 2. The molecule has 0 aliphatic heterocycles. The van der Waals surface area contributed by atoms with E-state index in [9.17, 15) is 0 Å². The normalized spacial score (nSPS) is 10.2. The molecule has 0 aliphatic carbocycles.